The van der Waals surface area contributed by atoms with Crippen LogP contribution < -0.4 is 0 Å². The summed E-state index contributed by atoms with van der Waals surface area (Å²) in [5, 5.41) is 9.62. The van der Waals surface area contributed by atoms with Crippen molar-refractivity contribution in [1.29, 1.82) is 0 Å². The summed E-state index contributed by atoms with van der Waals surface area (Å²) in [5.41, 5.74) is 0. The van der Waals surface area contributed by atoms with Gasteiger partial charge in [0.1, 0.15) is 6.10 Å². The number of aliphatic hydroxyl groups is 1. The van der Waals surface area contributed by atoms with Gasteiger partial charge >= 0.3 is 5.97 Å². The molecule has 0 radical (unpaired) electrons. The fourth-order valence-corrected chi connectivity index (χ4v) is 1.63. The third-order valence-electron chi connectivity index (χ3n) is 2.68. The molecule has 0 spiro atoms. The normalized spacial score (nSPS) is 42.5. The summed E-state index contributed by atoms with van der Waals surface area (Å²) >= 11 is 0. The molecule has 70 valence electrons. The summed E-state index contributed by atoms with van der Waals surface area (Å²) in [6.07, 6.45) is 0.122. The van der Waals surface area contributed by atoms with Crippen LogP contribution in [0.2, 0.25) is 0 Å². The Balaban J connectivity index is 2.70. The van der Waals surface area contributed by atoms with E-state index in [0.717, 1.165) is 6.42 Å². The highest BCUT2D eigenvalue weighted by Gasteiger charge is 2.39. The molecule has 1 heterocycles. The van der Waals surface area contributed by atoms with Crippen molar-refractivity contribution in [2.24, 2.45) is 11.8 Å². The standard InChI is InChI=1S/C9H16O3/c1-4-7-5(2)8(10)6(3)9(11)12-7/h5-8,10H,4H2,1-3H3/t5-,6-,7+,8+/m1/s1. The summed E-state index contributed by atoms with van der Waals surface area (Å²) in [5.74, 6) is -0.585. The summed E-state index contributed by atoms with van der Waals surface area (Å²) < 4.78 is 5.13. The number of cyclic esters (lactones) is 1. The summed E-state index contributed by atoms with van der Waals surface area (Å²) in [7, 11) is 0. The Morgan fingerprint density at radius 3 is 2.58 bits per heavy atom. The number of esters is 1. The van der Waals surface area contributed by atoms with Crippen molar-refractivity contribution in [2.45, 2.75) is 39.4 Å². The van der Waals surface area contributed by atoms with E-state index in [1.165, 1.54) is 0 Å². The van der Waals surface area contributed by atoms with Gasteiger partial charge in [-0.3, -0.25) is 4.79 Å². The molecule has 1 rings (SSSR count). The predicted octanol–water partition coefficient (Wildman–Crippen LogP) is 0.955. The van der Waals surface area contributed by atoms with E-state index in [1.54, 1.807) is 6.92 Å². The molecule has 0 aromatic carbocycles. The summed E-state index contributed by atoms with van der Waals surface area (Å²) in [6.45, 7) is 5.58. The summed E-state index contributed by atoms with van der Waals surface area (Å²) in [4.78, 5) is 11.1. The van der Waals surface area contributed by atoms with E-state index >= 15 is 0 Å². The van der Waals surface area contributed by atoms with Crippen molar-refractivity contribution in [3.05, 3.63) is 0 Å². The van der Waals surface area contributed by atoms with E-state index in [1.807, 2.05) is 13.8 Å². The Hall–Kier alpha value is -0.570. The first kappa shape index (κ1) is 9.52. The number of hydrogen-bond acceptors (Lipinski definition) is 3. The van der Waals surface area contributed by atoms with Crippen LogP contribution in [0.1, 0.15) is 27.2 Å². The molecule has 0 saturated carbocycles. The van der Waals surface area contributed by atoms with Crippen molar-refractivity contribution in [2.75, 3.05) is 0 Å². The lowest BCUT2D eigenvalue weighted by atomic mass is 9.85. The molecule has 1 saturated heterocycles. The zero-order valence-corrected chi connectivity index (χ0v) is 7.78. The average Bonchev–Trinajstić information content (AvgIpc) is 2.08. The fourth-order valence-electron chi connectivity index (χ4n) is 1.63. The van der Waals surface area contributed by atoms with Crippen LogP contribution in [0.3, 0.4) is 0 Å². The van der Waals surface area contributed by atoms with Crippen LogP contribution >= 0.6 is 0 Å². The minimum atomic E-state index is -0.545. The van der Waals surface area contributed by atoms with Crippen LogP contribution in [0, 0.1) is 11.8 Å². The molecule has 0 amide bonds. The van der Waals surface area contributed by atoms with Crippen LogP contribution in [0.4, 0.5) is 0 Å². The molecule has 3 heteroatoms. The van der Waals surface area contributed by atoms with Crippen LogP contribution in [0.15, 0.2) is 0 Å². The third kappa shape index (κ3) is 1.46. The summed E-state index contributed by atoms with van der Waals surface area (Å²) in [6, 6.07) is 0. The van der Waals surface area contributed by atoms with Crippen molar-refractivity contribution >= 4 is 5.97 Å². The average molecular weight is 172 g/mol. The molecule has 3 nitrogen and oxygen atoms in total. The highest BCUT2D eigenvalue weighted by Crippen LogP contribution is 2.27. The second-order valence-corrected chi connectivity index (χ2v) is 3.52. The van der Waals surface area contributed by atoms with Crippen molar-refractivity contribution in [3.63, 3.8) is 0 Å². The fraction of sp³-hybridized carbons (Fsp3) is 0.889. The van der Waals surface area contributed by atoms with Crippen LogP contribution in [-0.4, -0.2) is 23.3 Å². The number of carbonyl (C=O) groups is 1. The quantitative estimate of drug-likeness (QED) is 0.599. The molecular weight excluding hydrogens is 156 g/mol. The molecule has 0 unspecified atom stereocenters. The Morgan fingerprint density at radius 1 is 1.50 bits per heavy atom. The first-order valence-corrected chi connectivity index (χ1v) is 4.46. The maximum atomic E-state index is 11.1. The monoisotopic (exact) mass is 172 g/mol. The predicted molar refractivity (Wildman–Crippen MR) is 44.5 cm³/mol. The van der Waals surface area contributed by atoms with Gasteiger partial charge in [0, 0.05) is 5.92 Å². The lowest BCUT2D eigenvalue weighted by molar-refractivity contribution is -0.177. The lowest BCUT2D eigenvalue weighted by Crippen LogP contribution is -2.46. The van der Waals surface area contributed by atoms with Gasteiger partial charge in [-0.05, 0) is 13.3 Å². The van der Waals surface area contributed by atoms with Gasteiger partial charge in [-0.15, -0.1) is 0 Å². The van der Waals surface area contributed by atoms with Crippen molar-refractivity contribution in [3.8, 4) is 0 Å². The molecule has 12 heavy (non-hydrogen) atoms. The van der Waals surface area contributed by atoms with E-state index in [0.29, 0.717) is 0 Å². The van der Waals surface area contributed by atoms with E-state index < -0.39 is 6.10 Å². The number of carbonyl (C=O) groups excluding carboxylic acids is 1. The van der Waals surface area contributed by atoms with Crippen LogP contribution in [0.5, 0.6) is 0 Å². The third-order valence-corrected chi connectivity index (χ3v) is 2.68. The zero-order valence-electron chi connectivity index (χ0n) is 7.78. The SMILES string of the molecule is CC[C@@H]1OC(=O)[C@H](C)[C@@H](O)[C@@H]1C. The van der Waals surface area contributed by atoms with Gasteiger partial charge in [0.25, 0.3) is 0 Å². The lowest BCUT2D eigenvalue weighted by Gasteiger charge is -2.35. The zero-order chi connectivity index (χ0) is 9.30. The maximum absolute atomic E-state index is 11.1. The maximum Gasteiger partial charge on any atom is 0.311 e. The van der Waals surface area contributed by atoms with E-state index in [9.17, 15) is 9.90 Å². The molecule has 0 aliphatic carbocycles. The Kier molecular flexibility index (Phi) is 2.73. The van der Waals surface area contributed by atoms with Gasteiger partial charge < -0.3 is 9.84 Å². The van der Waals surface area contributed by atoms with E-state index in [4.69, 9.17) is 4.74 Å². The number of rotatable bonds is 1. The van der Waals surface area contributed by atoms with Gasteiger partial charge in [0.15, 0.2) is 0 Å². The first-order valence-electron chi connectivity index (χ1n) is 4.46. The minimum Gasteiger partial charge on any atom is -0.462 e. The molecule has 1 fully saturated rings. The van der Waals surface area contributed by atoms with Crippen LogP contribution in [0.25, 0.3) is 0 Å². The first-order chi connectivity index (χ1) is 5.57. The van der Waals surface area contributed by atoms with Gasteiger partial charge in [-0.25, -0.2) is 0 Å². The molecular formula is C9H16O3. The Labute approximate surface area is 72.7 Å². The van der Waals surface area contributed by atoms with E-state index in [-0.39, 0.29) is 23.9 Å². The van der Waals surface area contributed by atoms with Gasteiger partial charge in [0.05, 0.1) is 12.0 Å². The molecule has 1 aliphatic heterocycles. The van der Waals surface area contributed by atoms with Gasteiger partial charge in [-0.2, -0.15) is 0 Å². The molecule has 4 atom stereocenters. The van der Waals surface area contributed by atoms with Crippen LogP contribution in [-0.2, 0) is 9.53 Å². The number of ether oxygens (including phenoxy) is 1. The van der Waals surface area contributed by atoms with Gasteiger partial charge in [-0.1, -0.05) is 13.8 Å². The number of aliphatic hydroxyl groups excluding tert-OH is 1. The van der Waals surface area contributed by atoms with E-state index in [2.05, 4.69) is 0 Å². The minimum absolute atomic E-state index is 0.0581. The second-order valence-electron chi connectivity index (χ2n) is 3.52. The van der Waals surface area contributed by atoms with Crippen molar-refractivity contribution < 1.29 is 14.6 Å². The highest BCUT2D eigenvalue weighted by atomic mass is 16.5. The highest BCUT2D eigenvalue weighted by molar-refractivity contribution is 5.73. The topological polar surface area (TPSA) is 46.5 Å². The Bertz CT molecular complexity index is 177. The Morgan fingerprint density at radius 2 is 2.08 bits per heavy atom. The largest absolute Gasteiger partial charge is 0.462 e. The molecule has 0 bridgehead atoms. The molecule has 1 aliphatic rings. The second kappa shape index (κ2) is 3.44. The van der Waals surface area contributed by atoms with Crippen molar-refractivity contribution in [1.82, 2.24) is 0 Å². The smallest absolute Gasteiger partial charge is 0.311 e. The van der Waals surface area contributed by atoms with Gasteiger partial charge in [0.2, 0.25) is 0 Å². The molecule has 0 aromatic rings. The number of hydrogen-bond donors (Lipinski definition) is 1. The molecule has 0 aromatic heterocycles. The molecule has 1 N–H and O–H groups in total.